The van der Waals surface area contributed by atoms with Gasteiger partial charge in [0.15, 0.2) is 0 Å². The zero-order valence-corrected chi connectivity index (χ0v) is 12.4. The molecule has 0 aliphatic rings. The third-order valence-corrected chi connectivity index (χ3v) is 3.39. The lowest BCUT2D eigenvalue weighted by Gasteiger charge is -2.09. The first-order valence-corrected chi connectivity index (χ1v) is 6.70. The van der Waals surface area contributed by atoms with Gasteiger partial charge in [-0.2, -0.15) is 0 Å². The molecular weight excluding hydrogens is 324 g/mol. The molecule has 0 heterocycles. The summed E-state index contributed by atoms with van der Waals surface area (Å²) in [6.07, 6.45) is 0. The highest BCUT2D eigenvalue weighted by atomic mass is 79.9. The first kappa shape index (κ1) is 14.3. The predicted molar refractivity (Wildman–Crippen MR) is 81.1 cm³/mol. The number of nitrogens with one attached hydrogen (secondary N) is 1. The fourth-order valence-electron chi connectivity index (χ4n) is 1.76. The SMILES string of the molecule is COc1ccc(NCc2cccc([N+](=O)[O-])c2)cc1Br. The standard InChI is InChI=1S/C14H13BrN2O3/c1-20-14-6-5-11(8-13(14)15)16-9-10-3-2-4-12(7-10)17(18)19/h2-8,16H,9H2,1H3. The van der Waals surface area contributed by atoms with Crippen LogP contribution in [0.4, 0.5) is 11.4 Å². The summed E-state index contributed by atoms with van der Waals surface area (Å²) in [5, 5.41) is 13.9. The van der Waals surface area contributed by atoms with Crippen LogP contribution in [0.5, 0.6) is 5.75 Å². The average molecular weight is 337 g/mol. The van der Waals surface area contributed by atoms with Gasteiger partial charge in [-0.25, -0.2) is 0 Å². The van der Waals surface area contributed by atoms with Gasteiger partial charge in [0.25, 0.3) is 5.69 Å². The highest BCUT2D eigenvalue weighted by molar-refractivity contribution is 9.10. The Morgan fingerprint density at radius 1 is 1.30 bits per heavy atom. The molecule has 20 heavy (non-hydrogen) atoms. The molecule has 0 aliphatic heterocycles. The molecule has 0 atom stereocenters. The fraction of sp³-hybridized carbons (Fsp3) is 0.143. The normalized spacial score (nSPS) is 10.1. The molecule has 2 aromatic carbocycles. The molecule has 1 N–H and O–H groups in total. The van der Waals surface area contributed by atoms with Gasteiger partial charge in [-0.05, 0) is 39.7 Å². The molecule has 0 aromatic heterocycles. The monoisotopic (exact) mass is 336 g/mol. The van der Waals surface area contributed by atoms with Crippen molar-refractivity contribution in [2.24, 2.45) is 0 Å². The summed E-state index contributed by atoms with van der Waals surface area (Å²) in [6, 6.07) is 12.2. The van der Waals surface area contributed by atoms with Crippen LogP contribution in [-0.2, 0) is 6.54 Å². The molecular formula is C14H13BrN2O3. The van der Waals surface area contributed by atoms with Gasteiger partial charge >= 0.3 is 0 Å². The van der Waals surface area contributed by atoms with Crippen LogP contribution in [0.25, 0.3) is 0 Å². The Hall–Kier alpha value is -2.08. The van der Waals surface area contributed by atoms with Crippen LogP contribution in [-0.4, -0.2) is 12.0 Å². The second-order valence-electron chi connectivity index (χ2n) is 4.13. The van der Waals surface area contributed by atoms with Crippen molar-refractivity contribution in [2.45, 2.75) is 6.54 Å². The van der Waals surface area contributed by atoms with E-state index in [9.17, 15) is 10.1 Å². The molecule has 104 valence electrons. The summed E-state index contributed by atoms with van der Waals surface area (Å²) in [7, 11) is 1.61. The topological polar surface area (TPSA) is 64.4 Å². The average Bonchev–Trinajstić information content (AvgIpc) is 2.45. The van der Waals surface area contributed by atoms with Gasteiger partial charge in [0.1, 0.15) is 5.75 Å². The minimum Gasteiger partial charge on any atom is -0.496 e. The van der Waals surface area contributed by atoms with Crippen LogP contribution in [0.15, 0.2) is 46.9 Å². The molecule has 0 fully saturated rings. The minimum absolute atomic E-state index is 0.0974. The van der Waals surface area contributed by atoms with Crippen molar-refractivity contribution in [3.05, 3.63) is 62.6 Å². The van der Waals surface area contributed by atoms with Crippen molar-refractivity contribution in [1.29, 1.82) is 0 Å². The molecule has 0 amide bonds. The lowest BCUT2D eigenvalue weighted by molar-refractivity contribution is -0.384. The summed E-state index contributed by atoms with van der Waals surface area (Å²) in [6.45, 7) is 0.514. The van der Waals surface area contributed by atoms with Gasteiger partial charge in [0.05, 0.1) is 16.5 Å². The number of anilines is 1. The van der Waals surface area contributed by atoms with E-state index in [-0.39, 0.29) is 5.69 Å². The third kappa shape index (κ3) is 3.48. The minimum atomic E-state index is -0.395. The van der Waals surface area contributed by atoms with Crippen molar-refractivity contribution in [2.75, 3.05) is 12.4 Å². The molecule has 0 bridgehead atoms. The largest absolute Gasteiger partial charge is 0.496 e. The zero-order chi connectivity index (χ0) is 14.5. The lowest BCUT2D eigenvalue weighted by atomic mass is 10.2. The number of hydrogen-bond donors (Lipinski definition) is 1. The number of nitro groups is 1. The van der Waals surface area contributed by atoms with Crippen LogP contribution in [0.1, 0.15) is 5.56 Å². The molecule has 2 rings (SSSR count). The van der Waals surface area contributed by atoms with Crippen LogP contribution >= 0.6 is 15.9 Å². The Morgan fingerprint density at radius 2 is 2.10 bits per heavy atom. The highest BCUT2D eigenvalue weighted by Crippen LogP contribution is 2.28. The molecule has 2 aromatic rings. The summed E-state index contributed by atoms with van der Waals surface area (Å²) in [5.74, 6) is 0.755. The Labute approximate surface area is 124 Å². The number of methoxy groups -OCH3 is 1. The van der Waals surface area contributed by atoms with Crippen molar-refractivity contribution in [1.82, 2.24) is 0 Å². The van der Waals surface area contributed by atoms with E-state index in [4.69, 9.17) is 4.74 Å². The van der Waals surface area contributed by atoms with Crippen molar-refractivity contribution in [3.63, 3.8) is 0 Å². The maximum Gasteiger partial charge on any atom is 0.269 e. The van der Waals surface area contributed by atoms with Crippen LogP contribution in [0.3, 0.4) is 0 Å². The van der Waals surface area contributed by atoms with Gasteiger partial charge < -0.3 is 10.1 Å². The summed E-state index contributed by atoms with van der Waals surface area (Å²) >= 11 is 3.41. The van der Waals surface area contributed by atoms with Crippen LogP contribution < -0.4 is 10.1 Å². The summed E-state index contributed by atoms with van der Waals surface area (Å²) in [5.41, 5.74) is 1.86. The van der Waals surface area contributed by atoms with Crippen molar-refractivity contribution < 1.29 is 9.66 Å². The first-order valence-electron chi connectivity index (χ1n) is 5.91. The Morgan fingerprint density at radius 3 is 2.75 bits per heavy atom. The van der Waals surface area contributed by atoms with E-state index in [0.29, 0.717) is 6.54 Å². The van der Waals surface area contributed by atoms with E-state index in [1.165, 1.54) is 6.07 Å². The van der Waals surface area contributed by atoms with E-state index >= 15 is 0 Å². The van der Waals surface area contributed by atoms with Crippen molar-refractivity contribution in [3.8, 4) is 5.75 Å². The Kier molecular flexibility index (Phi) is 4.57. The molecule has 0 unspecified atom stereocenters. The van der Waals surface area contributed by atoms with E-state index < -0.39 is 4.92 Å². The molecule has 6 heteroatoms. The first-order chi connectivity index (χ1) is 9.60. The number of ether oxygens (including phenoxy) is 1. The van der Waals surface area contributed by atoms with Gasteiger partial charge in [0, 0.05) is 24.4 Å². The van der Waals surface area contributed by atoms with Gasteiger partial charge in [-0.3, -0.25) is 10.1 Å². The second-order valence-corrected chi connectivity index (χ2v) is 4.98. The van der Waals surface area contributed by atoms with Gasteiger partial charge in [-0.1, -0.05) is 12.1 Å². The molecule has 0 saturated carbocycles. The molecule has 0 saturated heterocycles. The Bertz CT molecular complexity index is 632. The van der Waals surface area contributed by atoms with Gasteiger partial charge in [0.2, 0.25) is 0 Å². The van der Waals surface area contributed by atoms with Crippen LogP contribution in [0, 0.1) is 10.1 Å². The fourth-order valence-corrected chi connectivity index (χ4v) is 2.30. The number of hydrogen-bond acceptors (Lipinski definition) is 4. The van der Waals surface area contributed by atoms with E-state index in [1.807, 2.05) is 24.3 Å². The quantitative estimate of drug-likeness (QED) is 0.662. The smallest absolute Gasteiger partial charge is 0.269 e. The maximum absolute atomic E-state index is 10.7. The molecule has 5 nitrogen and oxygen atoms in total. The second kappa shape index (κ2) is 6.38. The van der Waals surface area contributed by atoms with Crippen LogP contribution in [0.2, 0.25) is 0 Å². The zero-order valence-electron chi connectivity index (χ0n) is 10.8. The van der Waals surface area contributed by atoms with Crippen molar-refractivity contribution >= 4 is 27.3 Å². The summed E-state index contributed by atoms with van der Waals surface area (Å²) < 4.78 is 6.01. The number of benzene rings is 2. The van der Waals surface area contributed by atoms with E-state index in [0.717, 1.165) is 21.5 Å². The number of rotatable bonds is 5. The predicted octanol–water partition coefficient (Wildman–Crippen LogP) is 3.98. The number of nitrogens with zero attached hydrogens (tertiary/aromatic N) is 1. The molecule has 0 aliphatic carbocycles. The highest BCUT2D eigenvalue weighted by Gasteiger charge is 2.06. The number of non-ortho nitro benzene ring substituents is 1. The molecule has 0 spiro atoms. The summed E-state index contributed by atoms with van der Waals surface area (Å²) in [4.78, 5) is 10.3. The molecule has 0 radical (unpaired) electrons. The number of nitro benzene ring substituents is 1. The third-order valence-electron chi connectivity index (χ3n) is 2.77. The lowest BCUT2D eigenvalue weighted by Crippen LogP contribution is -2.00. The Balaban J connectivity index is 2.07. The van der Waals surface area contributed by atoms with E-state index in [2.05, 4.69) is 21.2 Å². The number of halogens is 1. The van der Waals surface area contributed by atoms with Gasteiger partial charge in [-0.15, -0.1) is 0 Å². The maximum atomic E-state index is 10.7. The van der Waals surface area contributed by atoms with E-state index in [1.54, 1.807) is 19.2 Å².